The number of pyridine rings is 1. The van der Waals surface area contributed by atoms with E-state index in [1.54, 1.807) is 26.8 Å². The van der Waals surface area contributed by atoms with Gasteiger partial charge in [0.2, 0.25) is 0 Å². The summed E-state index contributed by atoms with van der Waals surface area (Å²) in [5.74, 6) is -0.929. The van der Waals surface area contributed by atoms with E-state index in [9.17, 15) is 9.59 Å². The smallest absolute Gasteiger partial charge is 0.338 e. The minimum atomic E-state index is -0.645. The monoisotopic (exact) mass is 360 g/mol. The molecule has 1 amide bonds. The highest BCUT2D eigenvalue weighted by molar-refractivity contribution is 6.22. The molecule has 1 aromatic carbocycles. The Labute approximate surface area is 152 Å². The average molecular weight is 361 g/mol. The first-order chi connectivity index (χ1) is 11.7. The molecule has 132 valence electrons. The predicted octanol–water partition coefficient (Wildman–Crippen LogP) is 3.72. The number of aromatic nitrogens is 1. The van der Waals surface area contributed by atoms with E-state index in [1.165, 1.54) is 13.1 Å². The number of nitrogens with zero attached hydrogens (tertiary/aromatic N) is 1. The molecular weight excluding hydrogens is 340 g/mol. The van der Waals surface area contributed by atoms with Gasteiger partial charge in [0.05, 0.1) is 11.3 Å². The number of nitrogens with one attached hydrogen (secondary N) is 1. The van der Waals surface area contributed by atoms with Gasteiger partial charge in [-0.1, -0.05) is 30.3 Å². The number of alkyl halides is 1. The van der Waals surface area contributed by atoms with Gasteiger partial charge in [-0.3, -0.25) is 4.79 Å². The maximum Gasteiger partial charge on any atom is 0.338 e. The van der Waals surface area contributed by atoms with E-state index in [1.807, 2.05) is 30.3 Å². The Kier molecular flexibility index (Phi) is 5.80. The molecule has 5 nitrogen and oxygen atoms in total. The summed E-state index contributed by atoms with van der Waals surface area (Å²) in [4.78, 5) is 28.7. The first-order valence-electron chi connectivity index (χ1n) is 7.87. The van der Waals surface area contributed by atoms with Gasteiger partial charge in [0.1, 0.15) is 16.7 Å². The van der Waals surface area contributed by atoms with Crippen molar-refractivity contribution < 1.29 is 14.3 Å². The number of carbonyl (C=O) groups excluding carboxylic acids is 2. The highest BCUT2D eigenvalue weighted by Crippen LogP contribution is 2.28. The maximum absolute atomic E-state index is 12.4. The Morgan fingerprint density at radius 1 is 1.16 bits per heavy atom. The van der Waals surface area contributed by atoms with Crippen LogP contribution in [0.1, 0.15) is 58.3 Å². The van der Waals surface area contributed by atoms with Gasteiger partial charge in [0.25, 0.3) is 5.91 Å². The Hall–Kier alpha value is -2.40. The standard InChI is InChI=1S/C19H21ClN2O3/c1-19(2,3)25-18(24)13-10-14(22-15(11-13)17(23)21-4)16(20)12-8-6-5-7-9-12/h5-11,16H,1-4H3,(H,21,23)/t16-/m1/s1. The number of halogens is 1. The molecule has 1 aromatic heterocycles. The Morgan fingerprint density at radius 2 is 1.80 bits per heavy atom. The third-order valence-corrected chi connectivity index (χ3v) is 3.77. The topological polar surface area (TPSA) is 68.3 Å². The van der Waals surface area contributed by atoms with Crippen LogP contribution in [0.3, 0.4) is 0 Å². The van der Waals surface area contributed by atoms with Gasteiger partial charge in [-0.25, -0.2) is 9.78 Å². The zero-order chi connectivity index (χ0) is 18.6. The van der Waals surface area contributed by atoms with Crippen molar-refractivity contribution in [3.63, 3.8) is 0 Å². The summed E-state index contributed by atoms with van der Waals surface area (Å²) in [6, 6.07) is 12.3. The number of esters is 1. The molecule has 1 atom stereocenters. The highest BCUT2D eigenvalue weighted by atomic mass is 35.5. The summed E-state index contributed by atoms with van der Waals surface area (Å²) in [7, 11) is 1.50. The van der Waals surface area contributed by atoms with E-state index in [-0.39, 0.29) is 11.3 Å². The van der Waals surface area contributed by atoms with Crippen molar-refractivity contribution in [1.82, 2.24) is 10.3 Å². The first kappa shape index (κ1) is 18.9. The van der Waals surface area contributed by atoms with Crippen LogP contribution in [0.4, 0.5) is 0 Å². The number of rotatable bonds is 4. The van der Waals surface area contributed by atoms with Crippen LogP contribution in [0.5, 0.6) is 0 Å². The molecule has 0 aliphatic carbocycles. The van der Waals surface area contributed by atoms with Crippen LogP contribution in [0.25, 0.3) is 0 Å². The molecule has 0 bridgehead atoms. The fourth-order valence-electron chi connectivity index (χ4n) is 2.17. The van der Waals surface area contributed by atoms with E-state index < -0.39 is 22.9 Å². The molecule has 6 heteroatoms. The number of hydrogen-bond acceptors (Lipinski definition) is 4. The fraction of sp³-hybridized carbons (Fsp3) is 0.316. The van der Waals surface area contributed by atoms with Gasteiger partial charge in [-0.15, -0.1) is 11.6 Å². The lowest BCUT2D eigenvalue weighted by molar-refractivity contribution is 0.00692. The van der Waals surface area contributed by atoms with Crippen LogP contribution in [0.2, 0.25) is 0 Å². The quantitative estimate of drug-likeness (QED) is 0.666. The fourth-order valence-corrected chi connectivity index (χ4v) is 2.43. The summed E-state index contributed by atoms with van der Waals surface area (Å²) in [5.41, 5.74) is 0.936. The third-order valence-electron chi connectivity index (χ3n) is 3.29. The molecule has 0 saturated carbocycles. The number of carbonyl (C=O) groups is 2. The lowest BCUT2D eigenvalue weighted by Crippen LogP contribution is -2.25. The minimum absolute atomic E-state index is 0.113. The molecule has 0 radical (unpaired) electrons. The normalized spacial score (nSPS) is 12.4. The number of hydrogen-bond donors (Lipinski definition) is 1. The molecule has 0 aliphatic heterocycles. The second-order valence-corrected chi connectivity index (χ2v) is 6.96. The van der Waals surface area contributed by atoms with Crippen LogP contribution < -0.4 is 5.32 Å². The molecule has 25 heavy (non-hydrogen) atoms. The molecule has 0 unspecified atom stereocenters. The summed E-state index contributed by atoms with van der Waals surface area (Å²) in [6.45, 7) is 5.34. The van der Waals surface area contributed by atoms with Crippen LogP contribution in [0, 0.1) is 0 Å². The highest BCUT2D eigenvalue weighted by Gasteiger charge is 2.22. The maximum atomic E-state index is 12.4. The SMILES string of the molecule is CNC(=O)c1cc(C(=O)OC(C)(C)C)cc([C@H](Cl)c2ccccc2)n1. The van der Waals surface area contributed by atoms with Crippen molar-refractivity contribution in [3.8, 4) is 0 Å². The van der Waals surface area contributed by atoms with Crippen molar-refractivity contribution in [1.29, 1.82) is 0 Å². The largest absolute Gasteiger partial charge is 0.456 e. The minimum Gasteiger partial charge on any atom is -0.456 e. The molecule has 0 aliphatic rings. The van der Waals surface area contributed by atoms with E-state index in [2.05, 4.69) is 10.3 Å². The van der Waals surface area contributed by atoms with Crippen molar-refractivity contribution in [2.24, 2.45) is 0 Å². The first-order valence-corrected chi connectivity index (χ1v) is 8.31. The summed E-state index contributed by atoms with van der Waals surface area (Å²) < 4.78 is 5.39. The zero-order valence-electron chi connectivity index (χ0n) is 14.7. The molecular formula is C19H21ClN2O3. The number of ether oxygens (including phenoxy) is 1. The molecule has 1 N–H and O–H groups in total. The lowest BCUT2D eigenvalue weighted by atomic mass is 10.1. The van der Waals surface area contributed by atoms with Gasteiger partial charge in [-0.2, -0.15) is 0 Å². The average Bonchev–Trinajstić information content (AvgIpc) is 2.59. The van der Waals surface area contributed by atoms with E-state index in [0.717, 1.165) is 5.56 Å². The summed E-state index contributed by atoms with van der Waals surface area (Å²) >= 11 is 6.51. The lowest BCUT2D eigenvalue weighted by Gasteiger charge is -2.20. The van der Waals surface area contributed by atoms with Crippen molar-refractivity contribution in [2.45, 2.75) is 31.7 Å². The molecule has 0 fully saturated rings. The van der Waals surface area contributed by atoms with Gasteiger partial charge in [-0.05, 0) is 38.5 Å². The predicted molar refractivity (Wildman–Crippen MR) is 96.9 cm³/mol. The Balaban J connectivity index is 2.47. The zero-order valence-corrected chi connectivity index (χ0v) is 15.4. The van der Waals surface area contributed by atoms with E-state index in [0.29, 0.717) is 5.69 Å². The van der Waals surface area contributed by atoms with E-state index >= 15 is 0 Å². The van der Waals surface area contributed by atoms with Crippen LogP contribution in [0.15, 0.2) is 42.5 Å². The number of amides is 1. The van der Waals surface area contributed by atoms with Crippen LogP contribution >= 0.6 is 11.6 Å². The van der Waals surface area contributed by atoms with Gasteiger partial charge < -0.3 is 10.1 Å². The Bertz CT molecular complexity index is 770. The van der Waals surface area contributed by atoms with E-state index in [4.69, 9.17) is 16.3 Å². The van der Waals surface area contributed by atoms with Crippen molar-refractivity contribution >= 4 is 23.5 Å². The van der Waals surface area contributed by atoms with Crippen LogP contribution in [-0.4, -0.2) is 29.5 Å². The summed E-state index contributed by atoms with van der Waals surface area (Å²) in [6.07, 6.45) is 0. The van der Waals surface area contributed by atoms with Gasteiger partial charge in [0, 0.05) is 7.05 Å². The molecule has 0 spiro atoms. The third kappa shape index (κ3) is 5.03. The molecule has 1 heterocycles. The molecule has 2 aromatic rings. The molecule has 0 saturated heterocycles. The Morgan fingerprint density at radius 3 is 2.36 bits per heavy atom. The second kappa shape index (κ2) is 7.66. The summed E-state index contributed by atoms with van der Waals surface area (Å²) in [5, 5.41) is 1.91. The van der Waals surface area contributed by atoms with Crippen molar-refractivity contribution in [2.75, 3.05) is 7.05 Å². The number of benzene rings is 1. The molecule has 2 rings (SSSR count). The van der Waals surface area contributed by atoms with Gasteiger partial charge in [0.15, 0.2) is 0 Å². The van der Waals surface area contributed by atoms with Crippen molar-refractivity contribution in [3.05, 3.63) is 65.0 Å². The second-order valence-electron chi connectivity index (χ2n) is 6.52. The van der Waals surface area contributed by atoms with Crippen LogP contribution in [-0.2, 0) is 4.74 Å². The van der Waals surface area contributed by atoms with Gasteiger partial charge >= 0.3 is 5.97 Å².